The Morgan fingerprint density at radius 3 is 2.07 bits per heavy atom. The normalized spacial score (nSPS) is 11.5. The van der Waals surface area contributed by atoms with Gasteiger partial charge in [0.2, 0.25) is 0 Å². The summed E-state index contributed by atoms with van der Waals surface area (Å²) >= 11 is 0. The van der Waals surface area contributed by atoms with E-state index >= 15 is 0 Å². The number of H-pyrrole nitrogens is 1. The van der Waals surface area contributed by atoms with Crippen molar-refractivity contribution < 1.29 is 0 Å². The molecule has 0 fully saturated rings. The molecule has 138 valence electrons. The van der Waals surface area contributed by atoms with Crippen molar-refractivity contribution in [3.05, 3.63) is 112 Å². The Hall–Kier alpha value is -3.66. The van der Waals surface area contributed by atoms with Gasteiger partial charge in [-0.25, -0.2) is 4.68 Å². The van der Waals surface area contributed by atoms with Crippen LogP contribution < -0.4 is 5.56 Å². The van der Waals surface area contributed by atoms with Gasteiger partial charge < -0.3 is 0 Å². The number of aliphatic imine (C=N–C) groups is 1. The van der Waals surface area contributed by atoms with Gasteiger partial charge >= 0.3 is 0 Å². The maximum Gasteiger partial charge on any atom is 0.280 e. The van der Waals surface area contributed by atoms with Crippen LogP contribution >= 0.6 is 0 Å². The molecule has 0 aliphatic carbocycles. The number of hydrogen-bond acceptors (Lipinski definition) is 2. The van der Waals surface area contributed by atoms with Gasteiger partial charge in [0.25, 0.3) is 5.56 Å². The van der Waals surface area contributed by atoms with Gasteiger partial charge in [-0.1, -0.05) is 78.9 Å². The van der Waals surface area contributed by atoms with E-state index in [1.807, 2.05) is 97.9 Å². The molecule has 0 radical (unpaired) electrons. The maximum atomic E-state index is 13.3. The Kier molecular flexibility index (Phi) is 5.02. The van der Waals surface area contributed by atoms with E-state index in [1.165, 1.54) is 0 Å². The average Bonchev–Trinajstić information content (AvgIpc) is 3.11. The van der Waals surface area contributed by atoms with E-state index in [4.69, 9.17) is 4.99 Å². The van der Waals surface area contributed by atoms with Crippen LogP contribution in [0, 0.1) is 0 Å². The topological polar surface area (TPSA) is 50.1 Å². The molecule has 0 spiro atoms. The van der Waals surface area contributed by atoms with Crippen LogP contribution in [-0.2, 0) is 6.54 Å². The van der Waals surface area contributed by atoms with Gasteiger partial charge in [0, 0.05) is 11.3 Å². The molecule has 0 bridgehead atoms. The molecule has 1 heterocycles. The third kappa shape index (κ3) is 3.58. The summed E-state index contributed by atoms with van der Waals surface area (Å²) in [5.74, 6) is 0. The second-order valence-electron chi connectivity index (χ2n) is 6.59. The second-order valence-corrected chi connectivity index (χ2v) is 6.59. The van der Waals surface area contributed by atoms with Crippen molar-refractivity contribution in [2.45, 2.75) is 13.5 Å². The summed E-state index contributed by atoms with van der Waals surface area (Å²) in [4.78, 5) is 18.0. The van der Waals surface area contributed by atoms with E-state index in [-0.39, 0.29) is 5.56 Å². The van der Waals surface area contributed by atoms with Gasteiger partial charge in [-0.15, -0.1) is 0 Å². The van der Waals surface area contributed by atoms with Gasteiger partial charge in [-0.2, -0.15) is 0 Å². The number of para-hydroxylation sites is 1. The lowest BCUT2D eigenvalue weighted by Gasteiger charge is -2.03. The van der Waals surface area contributed by atoms with Crippen LogP contribution in [-0.4, -0.2) is 15.5 Å². The lowest BCUT2D eigenvalue weighted by molar-refractivity contribution is 0.852. The van der Waals surface area contributed by atoms with Crippen molar-refractivity contribution in [3.63, 3.8) is 0 Å². The first-order chi connectivity index (χ1) is 13.7. The minimum atomic E-state index is -0.0978. The molecule has 0 unspecified atom stereocenters. The molecule has 28 heavy (non-hydrogen) atoms. The summed E-state index contributed by atoms with van der Waals surface area (Å²) in [6.45, 7) is 2.44. The largest absolute Gasteiger partial charge is 0.290 e. The van der Waals surface area contributed by atoms with Crippen LogP contribution in [0.25, 0.3) is 16.9 Å². The van der Waals surface area contributed by atoms with Crippen LogP contribution in [0.3, 0.4) is 0 Å². The predicted octanol–water partition coefficient (Wildman–Crippen LogP) is 4.84. The molecule has 4 heteroatoms. The first kappa shape index (κ1) is 17.7. The monoisotopic (exact) mass is 367 g/mol. The average molecular weight is 367 g/mol. The summed E-state index contributed by atoms with van der Waals surface area (Å²) < 4.78 is 1.58. The Bertz CT molecular complexity index is 1140. The fourth-order valence-electron chi connectivity index (χ4n) is 3.22. The zero-order valence-corrected chi connectivity index (χ0v) is 15.7. The maximum absolute atomic E-state index is 13.3. The molecule has 3 aromatic carbocycles. The molecule has 4 nitrogen and oxygen atoms in total. The molecule has 0 saturated heterocycles. The van der Waals surface area contributed by atoms with E-state index in [1.54, 1.807) is 4.68 Å². The number of aromatic nitrogens is 2. The first-order valence-electron chi connectivity index (χ1n) is 9.25. The van der Waals surface area contributed by atoms with Gasteiger partial charge in [0.1, 0.15) is 0 Å². The van der Waals surface area contributed by atoms with E-state index < -0.39 is 0 Å². The van der Waals surface area contributed by atoms with Crippen LogP contribution in [0.5, 0.6) is 0 Å². The summed E-state index contributed by atoms with van der Waals surface area (Å²) in [7, 11) is 0. The van der Waals surface area contributed by atoms with Crippen LogP contribution in [0.1, 0.15) is 18.1 Å². The molecule has 0 aliphatic heterocycles. The van der Waals surface area contributed by atoms with Gasteiger partial charge in [0.15, 0.2) is 0 Å². The SMILES string of the molecule is CC(=NCc1ccccc1)c1c(-c2ccccc2)[nH]n(-c2ccccc2)c1=O. The van der Waals surface area contributed by atoms with Gasteiger partial charge in [0.05, 0.1) is 23.5 Å². The molecule has 4 aromatic rings. The lowest BCUT2D eigenvalue weighted by Crippen LogP contribution is -2.19. The Balaban J connectivity index is 1.83. The molecule has 1 aromatic heterocycles. The number of hydrogen-bond donors (Lipinski definition) is 1. The second kappa shape index (κ2) is 7.92. The predicted molar refractivity (Wildman–Crippen MR) is 114 cm³/mol. The van der Waals surface area contributed by atoms with Gasteiger partial charge in [-0.3, -0.25) is 14.9 Å². The van der Waals surface area contributed by atoms with Crippen molar-refractivity contribution >= 4 is 5.71 Å². The molecule has 0 saturated carbocycles. The zero-order valence-electron chi connectivity index (χ0n) is 15.7. The molecular formula is C24H21N3O. The van der Waals surface area contributed by atoms with Crippen LogP contribution in [0.4, 0.5) is 0 Å². The van der Waals surface area contributed by atoms with Crippen molar-refractivity contribution in [2.24, 2.45) is 4.99 Å². The van der Waals surface area contributed by atoms with E-state index in [2.05, 4.69) is 5.10 Å². The van der Waals surface area contributed by atoms with Crippen molar-refractivity contribution in [1.82, 2.24) is 9.78 Å². The number of rotatable bonds is 5. The minimum Gasteiger partial charge on any atom is -0.290 e. The molecule has 1 N–H and O–H groups in total. The third-order valence-corrected chi connectivity index (χ3v) is 4.67. The van der Waals surface area contributed by atoms with E-state index in [9.17, 15) is 4.79 Å². The molecule has 0 atom stereocenters. The molecular weight excluding hydrogens is 346 g/mol. The van der Waals surface area contributed by atoms with Gasteiger partial charge in [-0.05, 0) is 24.6 Å². The Morgan fingerprint density at radius 1 is 0.857 bits per heavy atom. The van der Waals surface area contributed by atoms with Crippen LogP contribution in [0.2, 0.25) is 0 Å². The summed E-state index contributed by atoms with van der Waals surface area (Å²) in [6, 6.07) is 29.5. The summed E-state index contributed by atoms with van der Waals surface area (Å²) in [5.41, 5.74) is 4.88. The third-order valence-electron chi connectivity index (χ3n) is 4.67. The standard InChI is InChI=1S/C24H21N3O/c1-18(25-17-19-11-5-2-6-12-19)22-23(20-13-7-3-8-14-20)26-27(24(22)28)21-15-9-4-10-16-21/h2-16,26H,17H2,1H3. The van der Waals surface area contributed by atoms with E-state index in [0.29, 0.717) is 12.1 Å². The van der Waals surface area contributed by atoms with Crippen LogP contribution in [0.15, 0.2) is 101 Å². The highest BCUT2D eigenvalue weighted by atomic mass is 16.1. The first-order valence-corrected chi connectivity index (χ1v) is 9.25. The fourth-order valence-corrected chi connectivity index (χ4v) is 3.22. The lowest BCUT2D eigenvalue weighted by atomic mass is 10.1. The van der Waals surface area contributed by atoms with Crippen molar-refractivity contribution in [3.8, 4) is 16.9 Å². The molecule has 0 aliphatic rings. The molecule has 4 rings (SSSR count). The highest BCUT2D eigenvalue weighted by Gasteiger charge is 2.18. The van der Waals surface area contributed by atoms with Crippen molar-refractivity contribution in [1.29, 1.82) is 0 Å². The quantitative estimate of drug-likeness (QED) is 0.504. The fraction of sp³-hybridized carbons (Fsp3) is 0.0833. The Labute approximate surface area is 163 Å². The minimum absolute atomic E-state index is 0.0978. The number of aromatic amines is 1. The highest BCUT2D eigenvalue weighted by Crippen LogP contribution is 2.21. The molecule has 0 amide bonds. The zero-order chi connectivity index (χ0) is 19.3. The Morgan fingerprint density at radius 2 is 1.43 bits per heavy atom. The highest BCUT2D eigenvalue weighted by molar-refractivity contribution is 6.03. The smallest absolute Gasteiger partial charge is 0.280 e. The van der Waals surface area contributed by atoms with E-state index in [0.717, 1.165) is 28.2 Å². The number of benzene rings is 3. The van der Waals surface area contributed by atoms with Crippen molar-refractivity contribution in [2.75, 3.05) is 0 Å². The summed E-state index contributed by atoms with van der Waals surface area (Å²) in [6.07, 6.45) is 0. The summed E-state index contributed by atoms with van der Waals surface area (Å²) in [5, 5.41) is 3.29. The number of nitrogens with zero attached hydrogens (tertiary/aromatic N) is 2. The number of nitrogens with one attached hydrogen (secondary N) is 1.